The van der Waals surface area contributed by atoms with Crippen LogP contribution >= 0.6 is 0 Å². The van der Waals surface area contributed by atoms with Gasteiger partial charge in [-0.05, 0) is 25.7 Å². The molecule has 1 aliphatic heterocycles. The summed E-state index contributed by atoms with van der Waals surface area (Å²) < 4.78 is 4.88. The summed E-state index contributed by atoms with van der Waals surface area (Å²) in [5.74, 6) is 0. The molecule has 1 saturated heterocycles. The Labute approximate surface area is 96.8 Å². The van der Waals surface area contributed by atoms with E-state index in [-0.39, 0.29) is 18.7 Å². The second-order valence-corrected chi connectivity index (χ2v) is 4.08. The predicted molar refractivity (Wildman–Crippen MR) is 61.3 cm³/mol. The number of aliphatic hydroxyl groups excluding tert-OH is 1. The van der Waals surface area contributed by atoms with Crippen molar-refractivity contribution in [2.24, 2.45) is 0 Å². The minimum atomic E-state index is -0.0322. The number of piperidine rings is 1. The Bertz CT molecular complexity index is 209. The van der Waals surface area contributed by atoms with Gasteiger partial charge in [0.2, 0.25) is 0 Å². The number of hydrogen-bond donors (Lipinski definition) is 2. The van der Waals surface area contributed by atoms with Crippen molar-refractivity contribution in [2.75, 3.05) is 33.4 Å². The van der Waals surface area contributed by atoms with Gasteiger partial charge in [0, 0.05) is 32.8 Å². The lowest BCUT2D eigenvalue weighted by Gasteiger charge is -2.35. The van der Waals surface area contributed by atoms with Gasteiger partial charge >= 0.3 is 6.03 Å². The van der Waals surface area contributed by atoms with Crippen LogP contribution in [0.25, 0.3) is 0 Å². The van der Waals surface area contributed by atoms with E-state index in [9.17, 15) is 4.79 Å². The van der Waals surface area contributed by atoms with Crippen molar-refractivity contribution in [3.63, 3.8) is 0 Å². The molecule has 0 bridgehead atoms. The quantitative estimate of drug-likeness (QED) is 0.679. The third kappa shape index (κ3) is 3.98. The Morgan fingerprint density at radius 3 is 3.06 bits per heavy atom. The first-order chi connectivity index (χ1) is 7.79. The average Bonchev–Trinajstić information content (AvgIpc) is 2.30. The zero-order valence-electron chi connectivity index (χ0n) is 9.95. The Morgan fingerprint density at radius 1 is 1.56 bits per heavy atom. The van der Waals surface area contributed by atoms with Gasteiger partial charge in [0.15, 0.2) is 0 Å². The molecule has 5 nitrogen and oxygen atoms in total. The molecule has 1 aliphatic rings. The number of carbonyl (C=O) groups is 1. The number of hydrogen-bond acceptors (Lipinski definition) is 3. The third-order valence-corrected chi connectivity index (χ3v) is 2.93. The number of carbonyl (C=O) groups excluding carboxylic acids is 1. The molecule has 1 fully saturated rings. The van der Waals surface area contributed by atoms with Crippen LogP contribution < -0.4 is 5.32 Å². The molecule has 0 aromatic heterocycles. The summed E-state index contributed by atoms with van der Waals surface area (Å²) in [7, 11) is 1.61. The number of methoxy groups -OCH3 is 1. The van der Waals surface area contributed by atoms with Crippen LogP contribution in [0.2, 0.25) is 0 Å². The van der Waals surface area contributed by atoms with Gasteiger partial charge in [-0.2, -0.15) is 0 Å². The second kappa shape index (κ2) is 7.46. The fraction of sp³-hybridized carbons (Fsp3) is 0.909. The topological polar surface area (TPSA) is 61.8 Å². The van der Waals surface area contributed by atoms with Crippen molar-refractivity contribution in [1.29, 1.82) is 0 Å². The molecule has 1 rings (SSSR count). The van der Waals surface area contributed by atoms with Crippen LogP contribution in [0.5, 0.6) is 0 Å². The highest BCUT2D eigenvalue weighted by molar-refractivity contribution is 5.74. The summed E-state index contributed by atoms with van der Waals surface area (Å²) in [5, 5.41) is 11.8. The van der Waals surface area contributed by atoms with Crippen molar-refractivity contribution in [3.05, 3.63) is 0 Å². The van der Waals surface area contributed by atoms with Crippen LogP contribution in [0, 0.1) is 0 Å². The summed E-state index contributed by atoms with van der Waals surface area (Å²) in [5.41, 5.74) is 0. The maximum atomic E-state index is 11.8. The number of ether oxygens (including phenoxy) is 1. The number of likely N-dealkylation sites (tertiary alicyclic amines) is 1. The average molecular weight is 230 g/mol. The lowest BCUT2D eigenvalue weighted by Crippen LogP contribution is -2.49. The molecule has 0 aliphatic carbocycles. The molecule has 0 aromatic rings. The fourth-order valence-corrected chi connectivity index (χ4v) is 2.08. The lowest BCUT2D eigenvalue weighted by molar-refractivity contribution is 0.128. The van der Waals surface area contributed by atoms with E-state index < -0.39 is 0 Å². The number of aliphatic hydroxyl groups is 1. The maximum Gasteiger partial charge on any atom is 0.317 e. The predicted octanol–water partition coefficient (Wildman–Crippen LogP) is 0.579. The van der Waals surface area contributed by atoms with Gasteiger partial charge in [0.1, 0.15) is 0 Å². The minimum Gasteiger partial charge on any atom is -0.396 e. The number of nitrogens with zero attached hydrogens (tertiary/aromatic N) is 1. The molecular weight excluding hydrogens is 208 g/mol. The monoisotopic (exact) mass is 230 g/mol. The van der Waals surface area contributed by atoms with E-state index in [0.717, 1.165) is 25.8 Å². The van der Waals surface area contributed by atoms with E-state index in [0.29, 0.717) is 19.6 Å². The van der Waals surface area contributed by atoms with Gasteiger partial charge in [-0.3, -0.25) is 0 Å². The number of nitrogens with one attached hydrogen (secondary N) is 1. The van der Waals surface area contributed by atoms with Gasteiger partial charge in [-0.1, -0.05) is 0 Å². The Balaban J connectivity index is 2.37. The molecule has 5 heteroatoms. The van der Waals surface area contributed by atoms with Crippen LogP contribution in [-0.4, -0.2) is 55.5 Å². The Kier molecular flexibility index (Phi) is 6.18. The van der Waals surface area contributed by atoms with Crippen LogP contribution in [-0.2, 0) is 4.74 Å². The molecule has 1 unspecified atom stereocenters. The molecule has 1 atom stereocenters. The maximum absolute atomic E-state index is 11.8. The van der Waals surface area contributed by atoms with Crippen molar-refractivity contribution in [3.8, 4) is 0 Å². The van der Waals surface area contributed by atoms with Gasteiger partial charge in [-0.25, -0.2) is 4.79 Å². The molecule has 16 heavy (non-hydrogen) atoms. The highest BCUT2D eigenvalue weighted by Crippen LogP contribution is 2.19. The highest BCUT2D eigenvalue weighted by Gasteiger charge is 2.25. The van der Waals surface area contributed by atoms with E-state index in [1.165, 1.54) is 0 Å². The van der Waals surface area contributed by atoms with Gasteiger partial charge in [-0.15, -0.1) is 0 Å². The van der Waals surface area contributed by atoms with Crippen molar-refractivity contribution in [1.82, 2.24) is 10.2 Å². The van der Waals surface area contributed by atoms with E-state index in [4.69, 9.17) is 9.84 Å². The standard InChI is InChI=1S/C11H22N2O3/c1-16-9-6-12-11(15)13-7-3-2-4-10(13)5-8-14/h10,14H,2-9H2,1H3,(H,12,15). The van der Waals surface area contributed by atoms with E-state index >= 15 is 0 Å². The molecule has 94 valence electrons. The first kappa shape index (κ1) is 13.3. The van der Waals surface area contributed by atoms with E-state index in [1.807, 2.05) is 4.90 Å². The van der Waals surface area contributed by atoms with Crippen LogP contribution in [0.1, 0.15) is 25.7 Å². The summed E-state index contributed by atoms with van der Waals surface area (Å²) >= 11 is 0. The molecule has 1 heterocycles. The van der Waals surface area contributed by atoms with Gasteiger partial charge in [0.25, 0.3) is 0 Å². The van der Waals surface area contributed by atoms with Crippen molar-refractivity contribution in [2.45, 2.75) is 31.7 Å². The normalized spacial score (nSPS) is 20.9. The zero-order valence-corrected chi connectivity index (χ0v) is 9.95. The molecule has 2 N–H and O–H groups in total. The fourth-order valence-electron chi connectivity index (χ4n) is 2.08. The Morgan fingerprint density at radius 2 is 2.38 bits per heavy atom. The van der Waals surface area contributed by atoms with Gasteiger partial charge < -0.3 is 20.1 Å². The molecule has 0 saturated carbocycles. The van der Waals surface area contributed by atoms with E-state index in [1.54, 1.807) is 7.11 Å². The molecule has 2 amide bonds. The zero-order chi connectivity index (χ0) is 11.8. The van der Waals surface area contributed by atoms with Crippen molar-refractivity contribution >= 4 is 6.03 Å². The third-order valence-electron chi connectivity index (χ3n) is 2.93. The molecule has 0 radical (unpaired) electrons. The van der Waals surface area contributed by atoms with Gasteiger partial charge in [0.05, 0.1) is 6.61 Å². The largest absolute Gasteiger partial charge is 0.396 e. The lowest BCUT2D eigenvalue weighted by atomic mass is 10.0. The van der Waals surface area contributed by atoms with E-state index in [2.05, 4.69) is 5.32 Å². The second-order valence-electron chi connectivity index (χ2n) is 4.08. The Hall–Kier alpha value is -0.810. The minimum absolute atomic E-state index is 0.0322. The summed E-state index contributed by atoms with van der Waals surface area (Å²) in [6, 6.07) is 0.163. The van der Waals surface area contributed by atoms with Crippen LogP contribution in [0.4, 0.5) is 4.79 Å². The molecule has 0 spiro atoms. The number of amides is 2. The molecule has 0 aromatic carbocycles. The number of urea groups is 1. The molecular formula is C11H22N2O3. The van der Waals surface area contributed by atoms with Crippen LogP contribution in [0.3, 0.4) is 0 Å². The summed E-state index contributed by atoms with van der Waals surface area (Å²) in [6.45, 7) is 2.01. The first-order valence-corrected chi connectivity index (χ1v) is 5.94. The van der Waals surface area contributed by atoms with Crippen LogP contribution in [0.15, 0.2) is 0 Å². The SMILES string of the molecule is COCCNC(=O)N1CCCCC1CCO. The highest BCUT2D eigenvalue weighted by atomic mass is 16.5. The first-order valence-electron chi connectivity index (χ1n) is 5.94. The smallest absolute Gasteiger partial charge is 0.317 e. The summed E-state index contributed by atoms with van der Waals surface area (Å²) in [6.07, 6.45) is 3.88. The summed E-state index contributed by atoms with van der Waals surface area (Å²) in [4.78, 5) is 13.7. The number of rotatable bonds is 5. The van der Waals surface area contributed by atoms with Crippen molar-refractivity contribution < 1.29 is 14.6 Å².